The van der Waals surface area contributed by atoms with Crippen LogP contribution in [0.5, 0.6) is 11.5 Å². The maximum Gasteiger partial charge on any atom is 0.412 e. The average molecular weight is 511 g/mol. The van der Waals surface area contributed by atoms with Crippen molar-refractivity contribution in [1.29, 1.82) is 0 Å². The van der Waals surface area contributed by atoms with Crippen LogP contribution in [0.4, 0.5) is 10.6 Å². The quantitative estimate of drug-likeness (QED) is 0.456. The Balaban J connectivity index is 0.000000213. The molecule has 3 N–H and O–H groups in total. The van der Waals surface area contributed by atoms with Gasteiger partial charge in [-0.3, -0.25) is 0 Å². The third-order valence-corrected chi connectivity index (χ3v) is 6.30. The lowest BCUT2D eigenvalue weighted by Gasteiger charge is -2.23. The van der Waals surface area contributed by atoms with Gasteiger partial charge in [-0.05, 0) is 56.9 Å². The van der Waals surface area contributed by atoms with Crippen molar-refractivity contribution in [3.63, 3.8) is 0 Å². The Morgan fingerprint density at radius 3 is 2.70 bits per heavy atom. The number of nitrogens with zero attached hydrogens (tertiary/aromatic N) is 4. The molecule has 37 heavy (non-hydrogen) atoms. The predicted molar refractivity (Wildman–Crippen MR) is 146 cm³/mol. The summed E-state index contributed by atoms with van der Waals surface area (Å²) in [7, 11) is 1.52. The maximum absolute atomic E-state index is 11.2. The molecule has 9 nitrogen and oxygen atoms in total. The summed E-state index contributed by atoms with van der Waals surface area (Å²) in [6.07, 6.45) is 6.01. The van der Waals surface area contributed by atoms with Crippen molar-refractivity contribution in [3.05, 3.63) is 41.3 Å². The molecular formula is C28H42N6O3. The van der Waals surface area contributed by atoms with Crippen molar-refractivity contribution >= 4 is 17.7 Å². The number of carbonyl (C=O) groups is 1. The highest BCUT2D eigenvalue weighted by Crippen LogP contribution is 2.41. The maximum atomic E-state index is 11.2. The molecule has 2 aromatic heterocycles. The molecule has 0 spiro atoms. The summed E-state index contributed by atoms with van der Waals surface area (Å²) in [6, 6.07) is 5.58. The van der Waals surface area contributed by atoms with E-state index in [0.717, 1.165) is 42.5 Å². The van der Waals surface area contributed by atoms with Gasteiger partial charge < -0.3 is 20.5 Å². The highest BCUT2D eigenvalue weighted by atomic mass is 16.6. The molecule has 1 atom stereocenters. The Bertz CT molecular complexity index is 1230. The van der Waals surface area contributed by atoms with E-state index in [9.17, 15) is 4.79 Å². The van der Waals surface area contributed by atoms with Gasteiger partial charge in [-0.25, -0.2) is 9.78 Å². The van der Waals surface area contributed by atoms with Crippen LogP contribution in [0.3, 0.4) is 0 Å². The first-order valence-corrected chi connectivity index (χ1v) is 13.0. The summed E-state index contributed by atoms with van der Waals surface area (Å²) in [5.41, 5.74) is 9.67. The molecule has 0 saturated carbocycles. The number of nitrogen functional groups attached to an aromatic ring is 1. The van der Waals surface area contributed by atoms with Crippen molar-refractivity contribution in [2.45, 2.75) is 86.2 Å². The lowest BCUT2D eigenvalue weighted by atomic mass is 9.83. The number of para-hydroxylation sites is 1. The second-order valence-corrected chi connectivity index (χ2v) is 11.6. The minimum absolute atomic E-state index is 0.232. The minimum atomic E-state index is -0.485. The van der Waals surface area contributed by atoms with Crippen LogP contribution in [0.1, 0.15) is 78.1 Å². The molecule has 4 rings (SSSR count). The SMILES string of the molecule is CCc1nc2ncnn2c(N)c1CCC(C)CC(C)(C)C.CNC(=O)Oc1cccc2c1OC(C)(C)C2. The zero-order chi connectivity index (χ0) is 27.4. The largest absolute Gasteiger partial charge is 0.483 e. The van der Waals surface area contributed by atoms with Gasteiger partial charge in [-0.1, -0.05) is 46.8 Å². The van der Waals surface area contributed by atoms with Crippen LogP contribution in [0, 0.1) is 11.3 Å². The van der Waals surface area contributed by atoms with Crippen molar-refractivity contribution in [1.82, 2.24) is 24.9 Å². The summed E-state index contributed by atoms with van der Waals surface area (Å²) in [4.78, 5) is 19.9. The molecule has 0 fully saturated rings. The summed E-state index contributed by atoms with van der Waals surface area (Å²) in [6.45, 7) is 15.3. The third-order valence-electron chi connectivity index (χ3n) is 6.30. The summed E-state index contributed by atoms with van der Waals surface area (Å²) in [5, 5.41) is 6.57. The van der Waals surface area contributed by atoms with Crippen LogP contribution in [-0.4, -0.2) is 38.3 Å². The van der Waals surface area contributed by atoms with Gasteiger partial charge in [0.15, 0.2) is 11.5 Å². The number of aromatic nitrogens is 4. The Morgan fingerprint density at radius 2 is 2.05 bits per heavy atom. The summed E-state index contributed by atoms with van der Waals surface area (Å²) >= 11 is 0. The fourth-order valence-electron chi connectivity index (χ4n) is 4.87. The Kier molecular flexibility index (Phi) is 8.66. The summed E-state index contributed by atoms with van der Waals surface area (Å²) in [5.74, 6) is 3.10. The van der Waals surface area contributed by atoms with Crippen LogP contribution in [0.15, 0.2) is 24.5 Å². The van der Waals surface area contributed by atoms with Gasteiger partial charge >= 0.3 is 6.09 Å². The molecule has 1 aliphatic heterocycles. The lowest BCUT2D eigenvalue weighted by Crippen LogP contribution is -2.25. The van der Waals surface area contributed by atoms with Gasteiger partial charge in [0.05, 0.1) is 5.69 Å². The number of aryl methyl sites for hydroxylation is 1. The molecule has 0 aliphatic carbocycles. The molecule has 0 bridgehead atoms. The lowest BCUT2D eigenvalue weighted by molar-refractivity contribution is 0.133. The average Bonchev–Trinajstić information content (AvgIpc) is 3.40. The third kappa shape index (κ3) is 7.33. The molecule has 1 aliphatic rings. The van der Waals surface area contributed by atoms with Crippen LogP contribution in [-0.2, 0) is 19.3 Å². The molecule has 0 saturated heterocycles. The number of amides is 1. The minimum Gasteiger partial charge on any atom is -0.483 e. The van der Waals surface area contributed by atoms with E-state index >= 15 is 0 Å². The molecule has 3 aromatic rings. The second-order valence-electron chi connectivity index (χ2n) is 11.6. The number of anilines is 1. The number of nitrogens with one attached hydrogen (secondary N) is 1. The van der Waals surface area contributed by atoms with Crippen LogP contribution < -0.4 is 20.5 Å². The number of nitrogens with two attached hydrogens (primary N) is 1. The van der Waals surface area contributed by atoms with Crippen molar-refractivity contribution < 1.29 is 14.3 Å². The number of hydrogen-bond acceptors (Lipinski definition) is 7. The van der Waals surface area contributed by atoms with Crippen molar-refractivity contribution in [2.24, 2.45) is 11.3 Å². The molecule has 202 valence electrons. The fraction of sp³-hybridized carbons (Fsp3) is 0.571. The number of benzene rings is 1. The van der Waals surface area contributed by atoms with Gasteiger partial charge in [-0.15, -0.1) is 0 Å². The van der Waals surface area contributed by atoms with E-state index < -0.39 is 6.09 Å². The van der Waals surface area contributed by atoms with E-state index in [4.69, 9.17) is 15.2 Å². The van der Waals surface area contributed by atoms with Gasteiger partial charge in [0.1, 0.15) is 17.7 Å². The number of ether oxygens (including phenoxy) is 2. The predicted octanol–water partition coefficient (Wildman–Crippen LogP) is 5.39. The van der Waals surface area contributed by atoms with E-state index in [0.29, 0.717) is 34.4 Å². The first kappa shape index (κ1) is 28.2. The Hall–Kier alpha value is -3.36. The second kappa shape index (κ2) is 11.4. The van der Waals surface area contributed by atoms with Crippen LogP contribution in [0.25, 0.3) is 5.78 Å². The molecule has 9 heteroatoms. The fourth-order valence-corrected chi connectivity index (χ4v) is 4.87. The number of rotatable bonds is 6. The molecular weight excluding hydrogens is 468 g/mol. The van der Waals surface area contributed by atoms with E-state index in [1.807, 2.05) is 26.0 Å². The van der Waals surface area contributed by atoms with E-state index in [-0.39, 0.29) is 5.60 Å². The number of carbonyl (C=O) groups excluding carboxylic acids is 1. The Morgan fingerprint density at radius 1 is 1.32 bits per heavy atom. The van der Waals surface area contributed by atoms with Crippen LogP contribution >= 0.6 is 0 Å². The van der Waals surface area contributed by atoms with E-state index in [2.05, 4.69) is 55.0 Å². The number of hydrogen-bond donors (Lipinski definition) is 2. The summed E-state index contributed by atoms with van der Waals surface area (Å²) < 4.78 is 12.5. The standard InChI is InChI=1S/C16H27N5.C12H15NO3/c1-6-13-12(8-7-11(2)9-16(3,4)5)14(17)21-15(20-13)18-10-19-21;1-12(2)7-8-5-4-6-9(10(8)16-12)15-11(14)13-3/h10-11H,6-9,17H2,1-5H3;4-6H,7H2,1-3H3,(H,13,14). The topological polar surface area (TPSA) is 117 Å². The molecule has 1 amide bonds. The van der Waals surface area contributed by atoms with Gasteiger partial charge in [-0.2, -0.15) is 14.6 Å². The molecule has 1 aromatic carbocycles. The van der Waals surface area contributed by atoms with Gasteiger partial charge in [0.25, 0.3) is 5.78 Å². The zero-order valence-corrected chi connectivity index (χ0v) is 23.5. The molecule has 3 heterocycles. The Labute approximate surface area is 220 Å². The van der Waals surface area contributed by atoms with Gasteiger partial charge in [0.2, 0.25) is 0 Å². The normalized spacial score (nSPS) is 14.8. The zero-order valence-electron chi connectivity index (χ0n) is 23.5. The van der Waals surface area contributed by atoms with Crippen molar-refractivity contribution in [2.75, 3.05) is 12.8 Å². The first-order valence-electron chi connectivity index (χ1n) is 13.0. The highest BCUT2D eigenvalue weighted by Gasteiger charge is 2.32. The monoisotopic (exact) mass is 510 g/mol. The molecule has 1 unspecified atom stereocenters. The van der Waals surface area contributed by atoms with E-state index in [1.165, 1.54) is 19.8 Å². The number of fused-ring (bicyclic) bond motifs is 2. The first-order chi connectivity index (χ1) is 17.3. The molecule has 0 radical (unpaired) electrons. The smallest absolute Gasteiger partial charge is 0.412 e. The van der Waals surface area contributed by atoms with E-state index in [1.54, 1.807) is 10.6 Å². The highest BCUT2D eigenvalue weighted by molar-refractivity contribution is 5.71. The van der Waals surface area contributed by atoms with Crippen molar-refractivity contribution in [3.8, 4) is 11.5 Å². The van der Waals surface area contributed by atoms with Crippen LogP contribution in [0.2, 0.25) is 0 Å². The van der Waals surface area contributed by atoms with Gasteiger partial charge in [0, 0.05) is 24.6 Å².